The Labute approximate surface area is 124 Å². The lowest BCUT2D eigenvalue weighted by molar-refractivity contribution is 0.321. The molecular weight excluding hydrogens is 305 g/mol. The molecule has 106 valence electrons. The van der Waals surface area contributed by atoms with E-state index in [1.807, 2.05) is 6.07 Å². The van der Waals surface area contributed by atoms with Crippen molar-refractivity contribution < 1.29 is 4.39 Å². The Hall–Kier alpha value is -0.410. The zero-order valence-electron chi connectivity index (χ0n) is 11.6. The van der Waals surface area contributed by atoms with Gasteiger partial charge in [0, 0.05) is 16.1 Å². The topological polar surface area (TPSA) is 12.0 Å². The first kappa shape index (κ1) is 15.0. The molecule has 0 spiro atoms. The second-order valence-corrected chi connectivity index (χ2v) is 6.28. The molecule has 1 aliphatic carbocycles. The van der Waals surface area contributed by atoms with E-state index < -0.39 is 0 Å². The average molecular weight is 328 g/mol. The molecule has 1 atom stereocenters. The van der Waals surface area contributed by atoms with Crippen LogP contribution < -0.4 is 5.32 Å². The summed E-state index contributed by atoms with van der Waals surface area (Å²) in [6.45, 7) is 2.97. The molecule has 1 nitrogen and oxygen atoms in total. The van der Waals surface area contributed by atoms with Crippen molar-refractivity contribution in [2.45, 2.75) is 51.5 Å². The summed E-state index contributed by atoms with van der Waals surface area (Å²) >= 11 is 3.52. The highest BCUT2D eigenvalue weighted by atomic mass is 79.9. The molecule has 1 unspecified atom stereocenters. The van der Waals surface area contributed by atoms with E-state index >= 15 is 0 Å². The van der Waals surface area contributed by atoms with Crippen LogP contribution in [0.4, 0.5) is 4.39 Å². The summed E-state index contributed by atoms with van der Waals surface area (Å²) in [5.41, 5.74) is 0.816. The molecule has 3 heteroatoms. The van der Waals surface area contributed by atoms with Gasteiger partial charge in [0.15, 0.2) is 0 Å². The van der Waals surface area contributed by atoms with Crippen LogP contribution >= 0.6 is 15.9 Å². The smallest absolute Gasteiger partial charge is 0.129 e. The predicted molar refractivity (Wildman–Crippen MR) is 81.7 cm³/mol. The minimum atomic E-state index is -0.0930. The van der Waals surface area contributed by atoms with Crippen LogP contribution in [0, 0.1) is 11.7 Å². The highest BCUT2D eigenvalue weighted by molar-refractivity contribution is 9.10. The Morgan fingerprint density at radius 2 is 1.95 bits per heavy atom. The van der Waals surface area contributed by atoms with Gasteiger partial charge in [-0.05, 0) is 37.4 Å². The molecule has 1 aromatic rings. The summed E-state index contributed by atoms with van der Waals surface area (Å²) in [6, 6.07) is 5.42. The first-order valence-electron chi connectivity index (χ1n) is 7.41. The Bertz CT molecular complexity index is 379. The third-order valence-corrected chi connectivity index (χ3v) is 4.80. The van der Waals surface area contributed by atoms with Crippen molar-refractivity contribution in [3.8, 4) is 0 Å². The molecule has 0 saturated heterocycles. The molecule has 0 amide bonds. The van der Waals surface area contributed by atoms with Crippen LogP contribution in [0.2, 0.25) is 0 Å². The van der Waals surface area contributed by atoms with Gasteiger partial charge in [-0.3, -0.25) is 0 Å². The van der Waals surface area contributed by atoms with Gasteiger partial charge in [0.05, 0.1) is 0 Å². The number of hydrogen-bond donors (Lipinski definition) is 1. The van der Waals surface area contributed by atoms with Crippen molar-refractivity contribution in [1.82, 2.24) is 5.32 Å². The van der Waals surface area contributed by atoms with E-state index in [0.717, 1.165) is 16.6 Å². The van der Waals surface area contributed by atoms with Crippen molar-refractivity contribution >= 4 is 15.9 Å². The van der Waals surface area contributed by atoms with Gasteiger partial charge in [0.2, 0.25) is 0 Å². The average Bonchev–Trinajstić information content (AvgIpc) is 2.66. The van der Waals surface area contributed by atoms with E-state index in [0.29, 0.717) is 5.92 Å². The lowest BCUT2D eigenvalue weighted by Gasteiger charge is -2.28. The summed E-state index contributed by atoms with van der Waals surface area (Å²) in [5, 5.41) is 3.51. The fourth-order valence-corrected chi connectivity index (χ4v) is 3.77. The minimum absolute atomic E-state index is 0.0930. The molecule has 1 aliphatic rings. The Kier molecular flexibility index (Phi) is 5.83. The van der Waals surface area contributed by atoms with Crippen molar-refractivity contribution in [3.05, 3.63) is 34.1 Å². The van der Waals surface area contributed by atoms with Crippen molar-refractivity contribution in [1.29, 1.82) is 0 Å². The Morgan fingerprint density at radius 1 is 1.26 bits per heavy atom. The number of halogens is 2. The van der Waals surface area contributed by atoms with Gasteiger partial charge in [-0.25, -0.2) is 4.39 Å². The van der Waals surface area contributed by atoms with Gasteiger partial charge in [0.1, 0.15) is 5.82 Å². The molecule has 19 heavy (non-hydrogen) atoms. The van der Waals surface area contributed by atoms with Crippen molar-refractivity contribution in [2.24, 2.45) is 5.92 Å². The molecule has 1 N–H and O–H groups in total. The first-order chi connectivity index (χ1) is 9.24. The van der Waals surface area contributed by atoms with E-state index in [4.69, 9.17) is 0 Å². The molecule has 0 heterocycles. The monoisotopic (exact) mass is 327 g/mol. The molecule has 0 aromatic heterocycles. The van der Waals surface area contributed by atoms with Crippen LogP contribution in [0.1, 0.15) is 57.1 Å². The van der Waals surface area contributed by atoms with Crippen molar-refractivity contribution in [2.75, 3.05) is 6.54 Å². The van der Waals surface area contributed by atoms with Gasteiger partial charge in [-0.1, -0.05) is 54.6 Å². The minimum Gasteiger partial charge on any atom is -0.310 e. The van der Waals surface area contributed by atoms with Gasteiger partial charge >= 0.3 is 0 Å². The lowest BCUT2D eigenvalue weighted by Crippen LogP contribution is -2.29. The van der Waals surface area contributed by atoms with Crippen LogP contribution in [0.25, 0.3) is 0 Å². The maximum absolute atomic E-state index is 14.2. The maximum Gasteiger partial charge on any atom is 0.129 e. The Morgan fingerprint density at radius 3 is 2.53 bits per heavy atom. The SMILES string of the molecule is CCNC(c1c(F)cccc1Br)C1CCCCCC1. The molecule has 1 fully saturated rings. The van der Waals surface area contributed by atoms with E-state index in [2.05, 4.69) is 28.2 Å². The molecule has 1 aromatic carbocycles. The lowest BCUT2D eigenvalue weighted by atomic mass is 9.87. The van der Waals surface area contributed by atoms with E-state index in [1.165, 1.54) is 38.5 Å². The summed E-state index contributed by atoms with van der Waals surface area (Å²) in [4.78, 5) is 0. The summed E-state index contributed by atoms with van der Waals surface area (Å²) < 4.78 is 15.1. The number of rotatable bonds is 4. The Balaban J connectivity index is 2.27. The van der Waals surface area contributed by atoms with E-state index in [1.54, 1.807) is 12.1 Å². The fourth-order valence-electron chi connectivity index (χ4n) is 3.18. The van der Waals surface area contributed by atoms with Crippen LogP contribution in [0.3, 0.4) is 0 Å². The van der Waals surface area contributed by atoms with Crippen LogP contribution in [0.5, 0.6) is 0 Å². The first-order valence-corrected chi connectivity index (χ1v) is 8.20. The molecule has 2 rings (SSSR count). The molecule has 0 bridgehead atoms. The van der Waals surface area contributed by atoms with Gasteiger partial charge < -0.3 is 5.32 Å². The third-order valence-electron chi connectivity index (χ3n) is 4.11. The summed E-state index contributed by atoms with van der Waals surface area (Å²) in [5.74, 6) is 0.459. The highest BCUT2D eigenvalue weighted by Gasteiger charge is 2.27. The number of nitrogens with one attached hydrogen (secondary N) is 1. The largest absolute Gasteiger partial charge is 0.310 e. The quantitative estimate of drug-likeness (QED) is 0.748. The van der Waals surface area contributed by atoms with Gasteiger partial charge in [0.25, 0.3) is 0 Å². The van der Waals surface area contributed by atoms with E-state index in [9.17, 15) is 4.39 Å². The molecule has 0 radical (unpaired) electrons. The highest BCUT2D eigenvalue weighted by Crippen LogP contribution is 2.37. The van der Waals surface area contributed by atoms with Crippen LogP contribution in [0.15, 0.2) is 22.7 Å². The predicted octanol–water partition coefficient (Wildman–Crippen LogP) is 5.21. The molecule has 1 saturated carbocycles. The summed E-state index contributed by atoms with van der Waals surface area (Å²) in [6.07, 6.45) is 7.62. The van der Waals surface area contributed by atoms with Crippen LogP contribution in [-0.2, 0) is 0 Å². The second kappa shape index (κ2) is 7.39. The summed E-state index contributed by atoms with van der Waals surface area (Å²) in [7, 11) is 0. The normalized spacial score (nSPS) is 19.1. The zero-order valence-corrected chi connectivity index (χ0v) is 13.2. The number of hydrogen-bond acceptors (Lipinski definition) is 1. The van der Waals surface area contributed by atoms with E-state index in [-0.39, 0.29) is 11.9 Å². The maximum atomic E-state index is 14.2. The second-order valence-electron chi connectivity index (χ2n) is 5.42. The third kappa shape index (κ3) is 3.79. The zero-order chi connectivity index (χ0) is 13.7. The fraction of sp³-hybridized carbons (Fsp3) is 0.625. The standard InChI is InChI=1S/C16H23BrFN/c1-2-19-16(12-8-5-3-4-6-9-12)15-13(17)10-7-11-14(15)18/h7,10-12,16,19H,2-6,8-9H2,1H3. The van der Waals surface area contributed by atoms with Gasteiger partial charge in [-0.2, -0.15) is 0 Å². The number of benzene rings is 1. The molecule has 0 aliphatic heterocycles. The van der Waals surface area contributed by atoms with Crippen molar-refractivity contribution in [3.63, 3.8) is 0 Å². The molecular formula is C16H23BrFN. The van der Waals surface area contributed by atoms with Crippen LogP contribution in [-0.4, -0.2) is 6.54 Å². The van der Waals surface area contributed by atoms with Gasteiger partial charge in [-0.15, -0.1) is 0 Å².